The summed E-state index contributed by atoms with van der Waals surface area (Å²) in [6.07, 6.45) is 8.49. The topological polar surface area (TPSA) is 32.3 Å². The van der Waals surface area contributed by atoms with E-state index in [9.17, 15) is 4.79 Å². The minimum Gasteiger partial charge on any atom is -0.323 e. The molecule has 1 saturated carbocycles. The van der Waals surface area contributed by atoms with Crippen molar-refractivity contribution < 1.29 is 4.79 Å². The molecule has 1 saturated heterocycles. The van der Waals surface area contributed by atoms with Gasteiger partial charge in [-0.1, -0.05) is 47.0 Å². The lowest BCUT2D eigenvalue weighted by Gasteiger charge is -2.37. The zero-order valence-electron chi connectivity index (χ0n) is 13.7. The average molecular weight is 280 g/mol. The summed E-state index contributed by atoms with van der Waals surface area (Å²) in [4.78, 5) is 15.0. The highest BCUT2D eigenvalue weighted by Crippen LogP contribution is 2.32. The van der Waals surface area contributed by atoms with E-state index in [0.29, 0.717) is 17.9 Å². The van der Waals surface area contributed by atoms with Crippen LogP contribution in [-0.2, 0) is 4.79 Å². The summed E-state index contributed by atoms with van der Waals surface area (Å²) in [6.45, 7) is 8.95. The number of hydrogen-bond donors (Lipinski definition) is 1. The van der Waals surface area contributed by atoms with E-state index in [0.717, 1.165) is 25.2 Å². The van der Waals surface area contributed by atoms with Gasteiger partial charge in [-0.15, -0.1) is 0 Å². The molecule has 1 heterocycles. The van der Waals surface area contributed by atoms with Gasteiger partial charge in [-0.05, 0) is 37.5 Å². The van der Waals surface area contributed by atoms with E-state index in [-0.39, 0.29) is 12.2 Å². The molecule has 20 heavy (non-hydrogen) atoms. The van der Waals surface area contributed by atoms with Crippen LogP contribution in [0.25, 0.3) is 0 Å². The van der Waals surface area contributed by atoms with E-state index in [1.165, 1.54) is 25.7 Å². The molecule has 3 nitrogen and oxygen atoms in total. The second kappa shape index (κ2) is 6.93. The van der Waals surface area contributed by atoms with Crippen LogP contribution in [0, 0.1) is 11.8 Å². The maximum atomic E-state index is 12.8. The van der Waals surface area contributed by atoms with Crippen molar-refractivity contribution in [2.24, 2.45) is 11.8 Å². The van der Waals surface area contributed by atoms with Gasteiger partial charge in [-0.3, -0.25) is 10.1 Å². The molecular formula is C17H32N2O. The molecule has 2 rings (SSSR count). The van der Waals surface area contributed by atoms with E-state index in [1.807, 2.05) is 0 Å². The van der Waals surface area contributed by atoms with Crippen LogP contribution in [0.5, 0.6) is 0 Å². The van der Waals surface area contributed by atoms with Crippen molar-refractivity contribution in [3.8, 4) is 0 Å². The number of rotatable bonds is 5. The third-order valence-electron chi connectivity index (χ3n) is 4.85. The highest BCUT2D eigenvalue weighted by atomic mass is 16.2. The molecule has 0 aromatic rings. The van der Waals surface area contributed by atoms with Gasteiger partial charge in [0.1, 0.15) is 0 Å². The number of carbonyl (C=O) groups excluding carboxylic acids is 1. The van der Waals surface area contributed by atoms with E-state index in [1.54, 1.807) is 0 Å². The first-order chi connectivity index (χ1) is 9.52. The van der Waals surface area contributed by atoms with Crippen molar-refractivity contribution in [1.82, 2.24) is 10.2 Å². The second-order valence-corrected chi connectivity index (χ2v) is 7.32. The summed E-state index contributed by atoms with van der Waals surface area (Å²) in [7, 11) is 0. The van der Waals surface area contributed by atoms with Crippen molar-refractivity contribution in [2.75, 3.05) is 0 Å². The summed E-state index contributed by atoms with van der Waals surface area (Å²) in [5, 5.41) is 3.61. The zero-order chi connectivity index (χ0) is 14.7. The van der Waals surface area contributed by atoms with Crippen molar-refractivity contribution in [1.29, 1.82) is 0 Å². The summed E-state index contributed by atoms with van der Waals surface area (Å²) in [6, 6.07) is 0.538. The highest BCUT2D eigenvalue weighted by Gasteiger charge is 2.42. The van der Waals surface area contributed by atoms with Crippen LogP contribution in [0.4, 0.5) is 0 Å². The van der Waals surface area contributed by atoms with Crippen LogP contribution in [0.1, 0.15) is 72.6 Å². The number of nitrogens with zero attached hydrogens (tertiary/aromatic N) is 1. The summed E-state index contributed by atoms with van der Waals surface area (Å²) in [5.41, 5.74) is 0. The van der Waals surface area contributed by atoms with Crippen molar-refractivity contribution in [3.63, 3.8) is 0 Å². The van der Waals surface area contributed by atoms with Gasteiger partial charge in [0.05, 0.1) is 12.2 Å². The fourth-order valence-electron chi connectivity index (χ4n) is 3.94. The van der Waals surface area contributed by atoms with E-state index in [4.69, 9.17) is 0 Å². The standard InChI is InChI=1S/C17H32N2O/c1-5-7-16-18-15(10-12(2)3)17(20)19(16)14-9-6-8-13(4)11-14/h12-16,18H,5-11H2,1-4H3. The van der Waals surface area contributed by atoms with Crippen LogP contribution in [0.3, 0.4) is 0 Å². The Bertz CT molecular complexity index is 329. The molecule has 1 aliphatic carbocycles. The Kier molecular flexibility index (Phi) is 5.48. The number of nitrogens with one attached hydrogen (secondary N) is 1. The van der Waals surface area contributed by atoms with Crippen molar-refractivity contribution in [2.45, 2.75) is 90.9 Å². The molecule has 2 aliphatic rings. The minimum absolute atomic E-state index is 0.0591. The fourth-order valence-corrected chi connectivity index (χ4v) is 3.94. The molecule has 1 N–H and O–H groups in total. The summed E-state index contributed by atoms with van der Waals surface area (Å²) >= 11 is 0. The van der Waals surface area contributed by atoms with E-state index >= 15 is 0 Å². The largest absolute Gasteiger partial charge is 0.323 e. The van der Waals surface area contributed by atoms with Crippen LogP contribution < -0.4 is 5.32 Å². The van der Waals surface area contributed by atoms with Crippen LogP contribution in [-0.4, -0.2) is 29.1 Å². The molecule has 0 radical (unpaired) electrons. The predicted molar refractivity (Wildman–Crippen MR) is 83.3 cm³/mol. The van der Waals surface area contributed by atoms with Crippen LogP contribution in [0.2, 0.25) is 0 Å². The number of carbonyl (C=O) groups is 1. The molecule has 116 valence electrons. The Hall–Kier alpha value is -0.570. The molecule has 0 spiro atoms. The molecule has 4 unspecified atom stereocenters. The lowest BCUT2D eigenvalue weighted by Crippen LogP contribution is -2.46. The average Bonchev–Trinajstić information content (AvgIpc) is 2.66. The van der Waals surface area contributed by atoms with Gasteiger partial charge >= 0.3 is 0 Å². The molecule has 0 bridgehead atoms. The van der Waals surface area contributed by atoms with Crippen molar-refractivity contribution >= 4 is 5.91 Å². The van der Waals surface area contributed by atoms with Gasteiger partial charge in [0, 0.05) is 6.04 Å². The molecule has 0 aromatic carbocycles. The van der Waals surface area contributed by atoms with Gasteiger partial charge in [-0.25, -0.2) is 0 Å². The van der Waals surface area contributed by atoms with Crippen LogP contribution >= 0.6 is 0 Å². The number of amides is 1. The van der Waals surface area contributed by atoms with Gasteiger partial charge < -0.3 is 4.90 Å². The third kappa shape index (κ3) is 3.55. The Morgan fingerprint density at radius 1 is 1.35 bits per heavy atom. The Morgan fingerprint density at radius 3 is 2.70 bits per heavy atom. The maximum Gasteiger partial charge on any atom is 0.241 e. The molecule has 4 atom stereocenters. The molecular weight excluding hydrogens is 248 g/mol. The molecule has 2 fully saturated rings. The third-order valence-corrected chi connectivity index (χ3v) is 4.85. The summed E-state index contributed by atoms with van der Waals surface area (Å²) in [5.74, 6) is 1.72. The molecule has 1 amide bonds. The van der Waals surface area contributed by atoms with Gasteiger partial charge in [0.25, 0.3) is 0 Å². The van der Waals surface area contributed by atoms with Crippen molar-refractivity contribution in [3.05, 3.63) is 0 Å². The second-order valence-electron chi connectivity index (χ2n) is 7.32. The highest BCUT2D eigenvalue weighted by molar-refractivity contribution is 5.84. The molecule has 0 aromatic heterocycles. The quantitative estimate of drug-likeness (QED) is 0.835. The zero-order valence-corrected chi connectivity index (χ0v) is 13.7. The number of hydrogen-bond acceptors (Lipinski definition) is 2. The van der Waals surface area contributed by atoms with Gasteiger partial charge in [0.15, 0.2) is 0 Å². The first kappa shape index (κ1) is 15.8. The predicted octanol–water partition coefficient (Wildman–Crippen LogP) is 3.54. The maximum absolute atomic E-state index is 12.8. The monoisotopic (exact) mass is 280 g/mol. The first-order valence-electron chi connectivity index (χ1n) is 8.61. The lowest BCUT2D eigenvalue weighted by atomic mass is 9.86. The molecule has 3 heteroatoms. The fraction of sp³-hybridized carbons (Fsp3) is 0.941. The smallest absolute Gasteiger partial charge is 0.241 e. The Labute approximate surface area is 124 Å². The SMILES string of the molecule is CCCC1NC(CC(C)C)C(=O)N1C1CCCC(C)C1. The first-order valence-corrected chi connectivity index (χ1v) is 8.61. The van der Waals surface area contributed by atoms with E-state index < -0.39 is 0 Å². The minimum atomic E-state index is 0.0591. The lowest BCUT2D eigenvalue weighted by molar-refractivity contribution is -0.133. The summed E-state index contributed by atoms with van der Waals surface area (Å²) < 4.78 is 0. The Balaban J connectivity index is 2.08. The van der Waals surface area contributed by atoms with E-state index in [2.05, 4.69) is 37.9 Å². The normalized spacial score (nSPS) is 35.0. The van der Waals surface area contributed by atoms with Gasteiger partial charge in [0.2, 0.25) is 5.91 Å². The van der Waals surface area contributed by atoms with Gasteiger partial charge in [-0.2, -0.15) is 0 Å². The molecule has 1 aliphatic heterocycles. The van der Waals surface area contributed by atoms with Crippen LogP contribution in [0.15, 0.2) is 0 Å². The Morgan fingerprint density at radius 2 is 2.10 bits per heavy atom.